The lowest BCUT2D eigenvalue weighted by atomic mass is 9.79. The zero-order chi connectivity index (χ0) is 20.4. The maximum atomic E-state index is 13.0. The lowest BCUT2D eigenvalue weighted by Gasteiger charge is -2.51. The van der Waals surface area contributed by atoms with E-state index in [0.29, 0.717) is 19.5 Å². The Morgan fingerprint density at radius 3 is 2.59 bits per heavy atom. The summed E-state index contributed by atoms with van der Waals surface area (Å²) < 4.78 is 5.28. The van der Waals surface area contributed by atoms with Gasteiger partial charge in [0.1, 0.15) is 5.60 Å². The third-order valence-corrected chi connectivity index (χ3v) is 6.38. The molecule has 0 spiro atoms. The molecule has 1 aromatic heterocycles. The molecule has 29 heavy (non-hydrogen) atoms. The normalized spacial score (nSPS) is 26.6. The van der Waals surface area contributed by atoms with Crippen molar-refractivity contribution in [1.29, 1.82) is 0 Å². The molecule has 2 aliphatic rings. The van der Waals surface area contributed by atoms with Crippen molar-refractivity contribution < 1.29 is 14.4 Å². The van der Waals surface area contributed by atoms with Crippen molar-refractivity contribution in [3.05, 3.63) is 53.4 Å². The zero-order valence-electron chi connectivity index (χ0n) is 17.3. The molecule has 1 N–H and O–H groups in total. The number of aryl methyl sites for hydroxylation is 1. The van der Waals surface area contributed by atoms with Crippen molar-refractivity contribution in [3.8, 4) is 0 Å². The number of likely N-dealkylation sites (N-methyl/N-ethyl adjacent to an activating group) is 1. The van der Waals surface area contributed by atoms with E-state index in [-0.39, 0.29) is 17.7 Å². The first kappa shape index (κ1) is 20.1. The Labute approximate surface area is 171 Å². The summed E-state index contributed by atoms with van der Waals surface area (Å²) in [7, 11) is 2.12. The molecule has 2 aromatic rings. The molecule has 2 fully saturated rings. The van der Waals surface area contributed by atoms with E-state index in [9.17, 15) is 9.90 Å². The number of amides is 1. The second-order valence-corrected chi connectivity index (χ2v) is 8.18. The van der Waals surface area contributed by atoms with Crippen molar-refractivity contribution >= 4 is 5.91 Å². The summed E-state index contributed by atoms with van der Waals surface area (Å²) in [5.41, 5.74) is 0.718. The van der Waals surface area contributed by atoms with Crippen LogP contribution in [0.15, 0.2) is 40.9 Å². The SMILES string of the molecule is CCc1cc(C(=O)N2CC[C@](O)(c3ccccc3)[C@H](N3CCN(C)CC3)C2)on1. The van der Waals surface area contributed by atoms with E-state index in [1.807, 2.05) is 37.3 Å². The van der Waals surface area contributed by atoms with Gasteiger partial charge in [-0.1, -0.05) is 42.4 Å². The van der Waals surface area contributed by atoms with Crippen molar-refractivity contribution in [2.45, 2.75) is 31.4 Å². The molecule has 1 aromatic carbocycles. The average Bonchev–Trinajstić information content (AvgIpc) is 3.24. The third kappa shape index (κ3) is 3.95. The molecule has 0 saturated carbocycles. The van der Waals surface area contributed by atoms with Gasteiger partial charge in [-0.15, -0.1) is 0 Å². The number of piperazine rings is 1. The maximum absolute atomic E-state index is 13.0. The van der Waals surface area contributed by atoms with E-state index >= 15 is 0 Å². The van der Waals surface area contributed by atoms with Gasteiger partial charge in [0.15, 0.2) is 0 Å². The molecule has 0 aliphatic carbocycles. The number of nitrogens with zero attached hydrogens (tertiary/aromatic N) is 4. The van der Waals surface area contributed by atoms with Crippen molar-refractivity contribution in [2.24, 2.45) is 0 Å². The topological polar surface area (TPSA) is 73.1 Å². The molecule has 2 aliphatic heterocycles. The molecule has 2 atom stereocenters. The minimum absolute atomic E-state index is 0.147. The highest BCUT2D eigenvalue weighted by Gasteiger charge is 2.47. The van der Waals surface area contributed by atoms with Crippen LogP contribution in [-0.2, 0) is 12.0 Å². The van der Waals surface area contributed by atoms with Crippen molar-refractivity contribution in [3.63, 3.8) is 0 Å². The fourth-order valence-corrected chi connectivity index (χ4v) is 4.46. The summed E-state index contributed by atoms with van der Waals surface area (Å²) in [6.07, 6.45) is 1.23. The lowest BCUT2D eigenvalue weighted by molar-refractivity contribution is -0.101. The van der Waals surface area contributed by atoms with Gasteiger partial charge in [-0.05, 0) is 25.5 Å². The van der Waals surface area contributed by atoms with Crippen LogP contribution in [0.4, 0.5) is 0 Å². The van der Waals surface area contributed by atoms with Crippen LogP contribution in [0.1, 0.15) is 35.2 Å². The molecule has 1 amide bonds. The number of benzene rings is 1. The van der Waals surface area contributed by atoms with Gasteiger partial charge in [0.2, 0.25) is 5.76 Å². The largest absolute Gasteiger partial charge is 0.383 e. The van der Waals surface area contributed by atoms with E-state index in [4.69, 9.17) is 4.52 Å². The number of aromatic nitrogens is 1. The standard InChI is InChI=1S/C22H30N4O3/c1-3-18-15-19(29-23-18)21(27)26-10-9-22(28,17-7-5-4-6-8-17)20(16-26)25-13-11-24(2)12-14-25/h4-8,15,20,28H,3,9-14,16H2,1-2H3/t20-,22+/m1/s1. The minimum Gasteiger partial charge on any atom is -0.383 e. The summed E-state index contributed by atoms with van der Waals surface area (Å²) in [6, 6.07) is 11.4. The fourth-order valence-electron chi connectivity index (χ4n) is 4.46. The van der Waals surface area contributed by atoms with Crippen LogP contribution in [0, 0.1) is 0 Å². The fraction of sp³-hybridized carbons (Fsp3) is 0.545. The van der Waals surface area contributed by atoms with Crippen LogP contribution >= 0.6 is 0 Å². The Morgan fingerprint density at radius 2 is 1.93 bits per heavy atom. The number of hydrogen-bond acceptors (Lipinski definition) is 6. The number of carbonyl (C=O) groups is 1. The van der Waals surface area contributed by atoms with Crippen LogP contribution in [0.2, 0.25) is 0 Å². The van der Waals surface area contributed by atoms with Gasteiger partial charge >= 0.3 is 0 Å². The van der Waals surface area contributed by atoms with Gasteiger partial charge < -0.3 is 19.4 Å². The highest BCUT2D eigenvalue weighted by atomic mass is 16.5. The Bertz CT molecular complexity index is 832. The predicted molar refractivity (Wildman–Crippen MR) is 110 cm³/mol. The Morgan fingerprint density at radius 1 is 1.21 bits per heavy atom. The summed E-state index contributed by atoms with van der Waals surface area (Å²) >= 11 is 0. The van der Waals surface area contributed by atoms with Crippen LogP contribution in [-0.4, -0.2) is 83.2 Å². The van der Waals surface area contributed by atoms with Crippen molar-refractivity contribution in [1.82, 2.24) is 19.9 Å². The van der Waals surface area contributed by atoms with Crippen molar-refractivity contribution in [2.75, 3.05) is 46.3 Å². The van der Waals surface area contributed by atoms with Gasteiger partial charge in [-0.25, -0.2) is 0 Å². The average molecular weight is 399 g/mol. The number of carbonyl (C=O) groups excluding carboxylic acids is 1. The maximum Gasteiger partial charge on any atom is 0.292 e. The highest BCUT2D eigenvalue weighted by molar-refractivity contribution is 5.91. The van der Waals surface area contributed by atoms with Crippen LogP contribution < -0.4 is 0 Å². The van der Waals surface area contributed by atoms with Gasteiger partial charge in [0, 0.05) is 45.3 Å². The highest BCUT2D eigenvalue weighted by Crippen LogP contribution is 2.37. The second-order valence-electron chi connectivity index (χ2n) is 8.18. The van der Waals surface area contributed by atoms with Gasteiger partial charge in [0.25, 0.3) is 5.91 Å². The van der Waals surface area contributed by atoms with E-state index < -0.39 is 5.60 Å². The van der Waals surface area contributed by atoms with Gasteiger partial charge in [0.05, 0.1) is 11.7 Å². The summed E-state index contributed by atoms with van der Waals surface area (Å²) in [5.74, 6) is 0.135. The molecule has 0 bridgehead atoms. The number of aliphatic hydroxyl groups is 1. The first-order chi connectivity index (χ1) is 14.0. The number of hydrogen-bond donors (Lipinski definition) is 1. The van der Waals surface area contributed by atoms with E-state index in [1.54, 1.807) is 11.0 Å². The van der Waals surface area contributed by atoms with E-state index in [0.717, 1.165) is 43.9 Å². The monoisotopic (exact) mass is 398 g/mol. The number of likely N-dealkylation sites (tertiary alicyclic amines) is 1. The summed E-state index contributed by atoms with van der Waals surface area (Å²) in [4.78, 5) is 19.5. The summed E-state index contributed by atoms with van der Waals surface area (Å²) in [5, 5.41) is 15.8. The van der Waals surface area contributed by atoms with Crippen LogP contribution in [0.25, 0.3) is 0 Å². The first-order valence-electron chi connectivity index (χ1n) is 10.5. The molecule has 7 heteroatoms. The van der Waals surface area contributed by atoms with Gasteiger partial charge in [-0.3, -0.25) is 9.69 Å². The van der Waals surface area contributed by atoms with Crippen LogP contribution in [0.5, 0.6) is 0 Å². The molecule has 4 rings (SSSR count). The second kappa shape index (κ2) is 8.26. The molecule has 7 nitrogen and oxygen atoms in total. The van der Waals surface area contributed by atoms with Crippen LogP contribution in [0.3, 0.4) is 0 Å². The molecule has 0 unspecified atom stereocenters. The molecular weight excluding hydrogens is 368 g/mol. The smallest absolute Gasteiger partial charge is 0.292 e. The zero-order valence-corrected chi connectivity index (χ0v) is 17.3. The van der Waals surface area contributed by atoms with E-state index in [1.165, 1.54) is 0 Å². The van der Waals surface area contributed by atoms with E-state index in [2.05, 4.69) is 22.0 Å². The molecule has 3 heterocycles. The predicted octanol–water partition coefficient (Wildman–Crippen LogP) is 1.59. The molecule has 0 radical (unpaired) electrons. The molecular formula is C22H30N4O3. The van der Waals surface area contributed by atoms with Gasteiger partial charge in [-0.2, -0.15) is 0 Å². The lowest BCUT2D eigenvalue weighted by Crippen LogP contribution is -2.64. The Kier molecular flexibility index (Phi) is 5.72. The summed E-state index contributed by atoms with van der Waals surface area (Å²) in [6.45, 7) is 6.60. The molecule has 2 saturated heterocycles. The Balaban J connectivity index is 1.60. The third-order valence-electron chi connectivity index (χ3n) is 6.38. The first-order valence-corrected chi connectivity index (χ1v) is 10.5. The Hall–Kier alpha value is -2.22. The number of piperidine rings is 1. The minimum atomic E-state index is -0.982. The molecule has 156 valence electrons. The quantitative estimate of drug-likeness (QED) is 0.843. The number of rotatable bonds is 4.